The average Bonchev–Trinajstić information content (AvgIpc) is 2.38. The molecule has 0 radical (unpaired) electrons. The van der Waals surface area contributed by atoms with E-state index in [9.17, 15) is 14.9 Å². The van der Waals surface area contributed by atoms with Gasteiger partial charge in [-0.3, -0.25) is 10.1 Å². The van der Waals surface area contributed by atoms with Crippen LogP contribution in [-0.4, -0.2) is 41.7 Å². The van der Waals surface area contributed by atoms with Gasteiger partial charge in [0.25, 0.3) is 5.69 Å². The SMILES string of the molecule is CN(CCOc1ccc([N+](=O)[O-])cc1Cl)C(=O)OC(C)(C)C. The van der Waals surface area contributed by atoms with Crippen molar-refractivity contribution in [3.63, 3.8) is 0 Å². The zero-order valence-corrected chi connectivity index (χ0v) is 13.7. The van der Waals surface area contributed by atoms with Gasteiger partial charge < -0.3 is 14.4 Å². The van der Waals surface area contributed by atoms with Gasteiger partial charge in [-0.15, -0.1) is 0 Å². The molecule has 1 aromatic rings. The second-order valence-corrected chi connectivity index (χ2v) is 6.03. The Morgan fingerprint density at radius 2 is 2.05 bits per heavy atom. The van der Waals surface area contributed by atoms with E-state index in [1.165, 1.54) is 23.1 Å². The molecule has 0 saturated carbocycles. The molecule has 122 valence electrons. The van der Waals surface area contributed by atoms with Crippen molar-refractivity contribution in [2.75, 3.05) is 20.2 Å². The highest BCUT2D eigenvalue weighted by Crippen LogP contribution is 2.28. The van der Waals surface area contributed by atoms with E-state index in [0.29, 0.717) is 12.3 Å². The summed E-state index contributed by atoms with van der Waals surface area (Å²) in [5, 5.41) is 10.8. The fourth-order valence-electron chi connectivity index (χ4n) is 1.44. The second kappa shape index (κ2) is 7.31. The summed E-state index contributed by atoms with van der Waals surface area (Å²) in [6.07, 6.45) is -0.453. The molecule has 0 heterocycles. The minimum absolute atomic E-state index is 0.108. The number of carbonyl (C=O) groups excluding carboxylic acids is 1. The first-order chi connectivity index (χ1) is 10.1. The molecule has 0 fully saturated rings. The lowest BCUT2D eigenvalue weighted by molar-refractivity contribution is -0.384. The number of hydrogen-bond acceptors (Lipinski definition) is 5. The van der Waals surface area contributed by atoms with Crippen LogP contribution in [0.25, 0.3) is 0 Å². The van der Waals surface area contributed by atoms with Crippen LogP contribution >= 0.6 is 11.6 Å². The van der Waals surface area contributed by atoms with Crippen molar-refractivity contribution < 1.29 is 19.2 Å². The summed E-state index contributed by atoms with van der Waals surface area (Å²) in [6, 6.07) is 3.95. The van der Waals surface area contributed by atoms with Gasteiger partial charge in [0.05, 0.1) is 16.5 Å². The van der Waals surface area contributed by atoms with Gasteiger partial charge in [-0.05, 0) is 26.8 Å². The van der Waals surface area contributed by atoms with Crippen LogP contribution in [0.2, 0.25) is 5.02 Å². The second-order valence-electron chi connectivity index (χ2n) is 5.62. The smallest absolute Gasteiger partial charge is 0.410 e. The number of carbonyl (C=O) groups is 1. The predicted molar refractivity (Wildman–Crippen MR) is 82.5 cm³/mol. The molecule has 0 aliphatic heterocycles. The fourth-order valence-corrected chi connectivity index (χ4v) is 1.67. The molecule has 0 spiro atoms. The fraction of sp³-hybridized carbons (Fsp3) is 0.500. The minimum atomic E-state index is -0.562. The number of ether oxygens (including phenoxy) is 2. The Kier molecular flexibility index (Phi) is 5.99. The first-order valence-corrected chi connectivity index (χ1v) is 6.99. The monoisotopic (exact) mass is 330 g/mol. The van der Waals surface area contributed by atoms with E-state index in [2.05, 4.69) is 0 Å². The molecule has 0 aromatic heterocycles. The molecule has 0 saturated heterocycles. The summed E-state index contributed by atoms with van der Waals surface area (Å²) in [7, 11) is 1.59. The first kappa shape index (κ1) is 18.0. The maximum atomic E-state index is 11.7. The molecule has 0 unspecified atom stereocenters. The van der Waals surface area contributed by atoms with Gasteiger partial charge in [0.2, 0.25) is 0 Å². The highest BCUT2D eigenvalue weighted by atomic mass is 35.5. The van der Waals surface area contributed by atoms with E-state index in [0.717, 1.165) is 0 Å². The maximum absolute atomic E-state index is 11.7. The molecule has 1 rings (SSSR count). The Morgan fingerprint density at radius 1 is 1.41 bits per heavy atom. The Balaban J connectivity index is 2.50. The standard InChI is InChI=1S/C14H19ClN2O5/c1-14(2,3)22-13(18)16(4)7-8-21-12-6-5-10(17(19)20)9-11(12)15/h5-6,9H,7-8H2,1-4H3. The lowest BCUT2D eigenvalue weighted by Gasteiger charge is -2.24. The summed E-state index contributed by atoms with van der Waals surface area (Å²) in [4.78, 5) is 23.2. The quantitative estimate of drug-likeness (QED) is 0.609. The van der Waals surface area contributed by atoms with Crippen LogP contribution in [0.5, 0.6) is 5.75 Å². The third-order valence-corrected chi connectivity index (χ3v) is 2.81. The Labute approximate surface area is 133 Å². The van der Waals surface area contributed by atoms with E-state index in [4.69, 9.17) is 21.1 Å². The van der Waals surface area contributed by atoms with Crippen molar-refractivity contribution in [1.82, 2.24) is 4.90 Å². The molecule has 1 amide bonds. The number of nitro benzene ring substituents is 1. The Morgan fingerprint density at radius 3 is 2.55 bits per heavy atom. The van der Waals surface area contributed by atoms with Gasteiger partial charge >= 0.3 is 6.09 Å². The number of nitro groups is 1. The van der Waals surface area contributed by atoms with Crippen LogP contribution in [0.1, 0.15) is 20.8 Å². The average molecular weight is 331 g/mol. The van der Waals surface area contributed by atoms with Gasteiger partial charge in [-0.2, -0.15) is 0 Å². The molecule has 22 heavy (non-hydrogen) atoms. The highest BCUT2D eigenvalue weighted by Gasteiger charge is 2.19. The van der Waals surface area contributed by atoms with Crippen LogP contribution in [-0.2, 0) is 4.74 Å². The van der Waals surface area contributed by atoms with Crippen LogP contribution in [0.3, 0.4) is 0 Å². The van der Waals surface area contributed by atoms with Crippen LogP contribution in [0, 0.1) is 10.1 Å². The number of non-ortho nitro benzene ring substituents is 1. The molecule has 0 bridgehead atoms. The van der Waals surface area contributed by atoms with Gasteiger partial charge in [-0.25, -0.2) is 4.79 Å². The van der Waals surface area contributed by atoms with E-state index in [1.807, 2.05) is 0 Å². The van der Waals surface area contributed by atoms with Gasteiger partial charge in [0.15, 0.2) is 0 Å². The molecule has 0 aliphatic rings. The van der Waals surface area contributed by atoms with E-state index in [-0.39, 0.29) is 17.3 Å². The topological polar surface area (TPSA) is 81.9 Å². The molecular formula is C14H19ClN2O5. The van der Waals surface area contributed by atoms with E-state index in [1.54, 1.807) is 27.8 Å². The largest absolute Gasteiger partial charge is 0.490 e. The molecule has 7 nitrogen and oxygen atoms in total. The lowest BCUT2D eigenvalue weighted by Crippen LogP contribution is -2.36. The van der Waals surface area contributed by atoms with Crippen molar-refractivity contribution >= 4 is 23.4 Å². The van der Waals surface area contributed by atoms with E-state index >= 15 is 0 Å². The maximum Gasteiger partial charge on any atom is 0.410 e. The summed E-state index contributed by atoms with van der Waals surface area (Å²) in [5.41, 5.74) is -0.670. The molecule has 0 aliphatic carbocycles. The van der Waals surface area contributed by atoms with Crippen molar-refractivity contribution in [3.05, 3.63) is 33.3 Å². The number of nitrogens with zero attached hydrogens (tertiary/aromatic N) is 2. The third kappa shape index (κ3) is 5.77. The number of amides is 1. The number of likely N-dealkylation sites (N-methyl/N-ethyl adjacent to an activating group) is 1. The van der Waals surface area contributed by atoms with Crippen LogP contribution in [0.15, 0.2) is 18.2 Å². The summed E-state index contributed by atoms with van der Waals surface area (Å²) in [5.74, 6) is 0.324. The number of hydrogen-bond donors (Lipinski definition) is 0. The number of benzene rings is 1. The van der Waals surface area contributed by atoms with Crippen molar-refractivity contribution in [1.29, 1.82) is 0 Å². The van der Waals surface area contributed by atoms with Crippen molar-refractivity contribution in [2.24, 2.45) is 0 Å². The highest BCUT2D eigenvalue weighted by molar-refractivity contribution is 6.32. The normalized spacial score (nSPS) is 11.0. The third-order valence-electron chi connectivity index (χ3n) is 2.52. The Bertz CT molecular complexity index is 557. The van der Waals surface area contributed by atoms with Gasteiger partial charge in [0.1, 0.15) is 18.0 Å². The molecule has 1 aromatic carbocycles. The zero-order chi connectivity index (χ0) is 16.9. The van der Waals surface area contributed by atoms with Gasteiger partial charge in [0, 0.05) is 19.2 Å². The Hall–Kier alpha value is -2.02. The van der Waals surface area contributed by atoms with Crippen LogP contribution in [0.4, 0.5) is 10.5 Å². The van der Waals surface area contributed by atoms with Crippen molar-refractivity contribution in [3.8, 4) is 5.75 Å². The predicted octanol–water partition coefficient (Wildman–Crippen LogP) is 3.49. The minimum Gasteiger partial charge on any atom is -0.490 e. The summed E-state index contributed by atoms with van der Waals surface area (Å²) >= 11 is 5.90. The lowest BCUT2D eigenvalue weighted by atomic mass is 10.2. The summed E-state index contributed by atoms with van der Waals surface area (Å²) in [6.45, 7) is 5.83. The molecule has 0 atom stereocenters. The zero-order valence-electron chi connectivity index (χ0n) is 13.0. The summed E-state index contributed by atoms with van der Waals surface area (Å²) < 4.78 is 10.6. The van der Waals surface area contributed by atoms with Gasteiger partial charge in [-0.1, -0.05) is 11.6 Å². The molecular weight excluding hydrogens is 312 g/mol. The van der Waals surface area contributed by atoms with Crippen LogP contribution < -0.4 is 4.74 Å². The number of halogens is 1. The number of rotatable bonds is 5. The molecule has 8 heteroatoms. The van der Waals surface area contributed by atoms with E-state index < -0.39 is 16.6 Å². The van der Waals surface area contributed by atoms with Crippen molar-refractivity contribution in [2.45, 2.75) is 26.4 Å². The first-order valence-electron chi connectivity index (χ1n) is 6.61. The molecule has 0 N–H and O–H groups in total.